The lowest BCUT2D eigenvalue weighted by atomic mass is 10.0. The number of H-pyrrole nitrogens is 2. The summed E-state index contributed by atoms with van der Waals surface area (Å²) in [5.41, 5.74) is 4.03. The number of hydrogen-bond donors (Lipinski definition) is 3. The first-order valence-electron chi connectivity index (χ1n) is 12.3. The maximum Gasteiger partial charge on any atom is 0.253 e. The molecule has 3 heterocycles. The third-order valence-electron chi connectivity index (χ3n) is 7.11. The molecule has 0 saturated carbocycles. The molecule has 0 radical (unpaired) electrons. The van der Waals surface area contributed by atoms with Crippen molar-refractivity contribution in [3.8, 4) is 12.1 Å². The fraction of sp³-hybridized carbons (Fsp3) is 0.321. The van der Waals surface area contributed by atoms with Gasteiger partial charge in [0.25, 0.3) is 5.91 Å². The SMILES string of the molecule is N#Cc1ccc2[nH]cc(CCCCN3CCC(NC(=O)c4cc(F)cc5c(C#N)c[nH]c45)CC3)c2c1. The molecule has 7 nitrogen and oxygen atoms in total. The number of carbonyl (C=O) groups excluding carboxylic acids is 1. The molecule has 0 spiro atoms. The van der Waals surface area contributed by atoms with Gasteiger partial charge in [-0.15, -0.1) is 0 Å². The van der Waals surface area contributed by atoms with Crippen LogP contribution in [0.5, 0.6) is 0 Å². The second kappa shape index (κ2) is 10.2. The third kappa shape index (κ3) is 4.82. The van der Waals surface area contributed by atoms with E-state index in [9.17, 15) is 14.4 Å². The largest absolute Gasteiger partial charge is 0.361 e. The highest BCUT2D eigenvalue weighted by molar-refractivity contribution is 6.07. The molecule has 36 heavy (non-hydrogen) atoms. The Balaban J connectivity index is 1.09. The van der Waals surface area contributed by atoms with Crippen LogP contribution in [0.2, 0.25) is 0 Å². The van der Waals surface area contributed by atoms with Gasteiger partial charge in [0.2, 0.25) is 0 Å². The number of nitrogens with zero attached hydrogens (tertiary/aromatic N) is 3. The monoisotopic (exact) mass is 482 g/mol. The minimum absolute atomic E-state index is 0.0398. The molecule has 182 valence electrons. The highest BCUT2D eigenvalue weighted by Gasteiger charge is 2.23. The number of unbranched alkanes of at least 4 members (excludes halogenated alkanes) is 1. The first kappa shape index (κ1) is 23.6. The normalized spacial score (nSPS) is 14.6. The molecule has 0 unspecified atom stereocenters. The van der Waals surface area contributed by atoms with Gasteiger partial charge in [-0.25, -0.2) is 4.39 Å². The average Bonchev–Trinajstić information content (AvgIpc) is 3.50. The Labute approximate surface area is 208 Å². The first-order valence-corrected chi connectivity index (χ1v) is 12.3. The number of fused-ring (bicyclic) bond motifs is 2. The zero-order valence-electron chi connectivity index (χ0n) is 19.9. The quantitative estimate of drug-likeness (QED) is 0.330. The first-order chi connectivity index (χ1) is 17.6. The van der Waals surface area contributed by atoms with E-state index in [2.05, 4.69) is 26.3 Å². The molecule has 0 bridgehead atoms. The molecule has 1 aliphatic rings. The minimum atomic E-state index is -0.531. The average molecular weight is 483 g/mol. The molecule has 1 aliphatic heterocycles. The molecule has 2 aromatic heterocycles. The van der Waals surface area contributed by atoms with E-state index in [-0.39, 0.29) is 17.5 Å². The van der Waals surface area contributed by atoms with Crippen LogP contribution in [0.25, 0.3) is 21.8 Å². The summed E-state index contributed by atoms with van der Waals surface area (Å²) in [5, 5.41) is 23.0. The number of halogens is 1. The number of carbonyl (C=O) groups is 1. The van der Waals surface area contributed by atoms with E-state index < -0.39 is 5.82 Å². The summed E-state index contributed by atoms with van der Waals surface area (Å²) in [5.74, 6) is -0.848. The number of nitriles is 2. The Morgan fingerprint density at radius 3 is 2.67 bits per heavy atom. The zero-order valence-corrected chi connectivity index (χ0v) is 19.9. The number of aryl methyl sites for hydroxylation is 1. The summed E-state index contributed by atoms with van der Waals surface area (Å²) >= 11 is 0. The van der Waals surface area contributed by atoms with E-state index >= 15 is 0 Å². The highest BCUT2D eigenvalue weighted by Crippen LogP contribution is 2.24. The van der Waals surface area contributed by atoms with Gasteiger partial charge < -0.3 is 20.2 Å². The van der Waals surface area contributed by atoms with E-state index in [1.54, 1.807) is 0 Å². The summed E-state index contributed by atoms with van der Waals surface area (Å²) in [4.78, 5) is 21.6. The maximum atomic E-state index is 14.1. The molecule has 4 aromatic rings. The molecule has 8 heteroatoms. The van der Waals surface area contributed by atoms with Crippen molar-refractivity contribution in [2.75, 3.05) is 19.6 Å². The van der Waals surface area contributed by atoms with Crippen molar-refractivity contribution in [3.63, 3.8) is 0 Å². The number of aromatic nitrogens is 2. The van der Waals surface area contributed by atoms with Gasteiger partial charge in [0.1, 0.15) is 11.9 Å². The van der Waals surface area contributed by atoms with Crippen LogP contribution < -0.4 is 5.32 Å². The van der Waals surface area contributed by atoms with E-state index in [0.29, 0.717) is 22.0 Å². The van der Waals surface area contributed by atoms with E-state index in [0.717, 1.165) is 62.6 Å². The molecular weight excluding hydrogens is 455 g/mol. The van der Waals surface area contributed by atoms with Crippen molar-refractivity contribution < 1.29 is 9.18 Å². The molecule has 0 atom stereocenters. The molecule has 2 aromatic carbocycles. The van der Waals surface area contributed by atoms with E-state index in [1.807, 2.05) is 30.5 Å². The number of rotatable bonds is 7. The fourth-order valence-electron chi connectivity index (χ4n) is 5.14. The summed E-state index contributed by atoms with van der Waals surface area (Å²) in [6.45, 7) is 2.82. The number of benzene rings is 2. The van der Waals surface area contributed by atoms with Crippen molar-refractivity contribution in [2.45, 2.75) is 38.1 Å². The van der Waals surface area contributed by atoms with Crippen molar-refractivity contribution in [3.05, 3.63) is 70.8 Å². The molecular formula is C28H27FN6O. The lowest BCUT2D eigenvalue weighted by Gasteiger charge is -2.32. The second-order valence-corrected chi connectivity index (χ2v) is 9.42. The molecule has 0 aliphatic carbocycles. The summed E-state index contributed by atoms with van der Waals surface area (Å²) in [7, 11) is 0. The number of amides is 1. The second-order valence-electron chi connectivity index (χ2n) is 9.42. The van der Waals surface area contributed by atoms with Crippen LogP contribution in [-0.2, 0) is 6.42 Å². The summed E-state index contributed by atoms with van der Waals surface area (Å²) < 4.78 is 14.1. The van der Waals surface area contributed by atoms with Crippen LogP contribution >= 0.6 is 0 Å². The van der Waals surface area contributed by atoms with Crippen LogP contribution in [0.3, 0.4) is 0 Å². The Bertz CT molecular complexity index is 1500. The van der Waals surface area contributed by atoms with Gasteiger partial charge in [-0.1, -0.05) is 0 Å². The number of aromatic amines is 2. The Morgan fingerprint density at radius 1 is 1.06 bits per heavy atom. The number of piperidine rings is 1. The molecule has 3 N–H and O–H groups in total. The fourth-order valence-corrected chi connectivity index (χ4v) is 5.14. The van der Waals surface area contributed by atoms with Crippen LogP contribution in [0.4, 0.5) is 4.39 Å². The van der Waals surface area contributed by atoms with Crippen LogP contribution in [0.1, 0.15) is 52.7 Å². The van der Waals surface area contributed by atoms with E-state index in [1.165, 1.54) is 23.9 Å². The van der Waals surface area contributed by atoms with Crippen molar-refractivity contribution in [1.29, 1.82) is 10.5 Å². The number of hydrogen-bond acceptors (Lipinski definition) is 4. The zero-order chi connectivity index (χ0) is 25.1. The van der Waals surface area contributed by atoms with Crippen LogP contribution in [0, 0.1) is 28.5 Å². The Kier molecular flexibility index (Phi) is 6.71. The number of likely N-dealkylation sites (tertiary alicyclic amines) is 1. The molecule has 1 saturated heterocycles. The lowest BCUT2D eigenvalue weighted by Crippen LogP contribution is -2.44. The van der Waals surface area contributed by atoms with Gasteiger partial charge in [0.15, 0.2) is 0 Å². The summed E-state index contributed by atoms with van der Waals surface area (Å²) in [6, 6.07) is 12.5. The maximum absolute atomic E-state index is 14.1. The molecule has 1 amide bonds. The predicted molar refractivity (Wildman–Crippen MR) is 136 cm³/mol. The molecule has 1 fully saturated rings. The van der Waals surface area contributed by atoms with Gasteiger partial charge in [-0.05, 0) is 74.5 Å². The van der Waals surface area contributed by atoms with Gasteiger partial charge in [-0.2, -0.15) is 10.5 Å². The highest BCUT2D eigenvalue weighted by atomic mass is 19.1. The van der Waals surface area contributed by atoms with Crippen molar-refractivity contribution >= 4 is 27.7 Å². The number of nitrogens with one attached hydrogen (secondary N) is 3. The van der Waals surface area contributed by atoms with Crippen molar-refractivity contribution in [2.24, 2.45) is 0 Å². The van der Waals surface area contributed by atoms with Gasteiger partial charge in [-0.3, -0.25) is 4.79 Å². The van der Waals surface area contributed by atoms with Crippen molar-refractivity contribution in [1.82, 2.24) is 20.2 Å². The van der Waals surface area contributed by atoms with Gasteiger partial charge in [0, 0.05) is 47.8 Å². The van der Waals surface area contributed by atoms with Gasteiger partial charge in [0.05, 0.1) is 28.3 Å². The summed E-state index contributed by atoms with van der Waals surface area (Å²) in [6.07, 6.45) is 8.35. The Hall–Kier alpha value is -4.14. The van der Waals surface area contributed by atoms with Crippen LogP contribution in [-0.4, -0.2) is 46.5 Å². The topological polar surface area (TPSA) is 112 Å². The molecule has 5 rings (SSSR count). The lowest BCUT2D eigenvalue weighted by molar-refractivity contribution is 0.0911. The third-order valence-corrected chi connectivity index (χ3v) is 7.11. The predicted octanol–water partition coefficient (Wildman–Crippen LogP) is 4.75. The standard InChI is InChI=1S/C28H27FN6O/c29-21-12-24-20(15-31)17-33-27(24)25(13-21)28(36)34-22-6-9-35(10-7-22)8-2-1-3-19-16-32-26-5-4-18(14-30)11-23(19)26/h4-5,11-13,16-17,22,32-33H,1-3,6-10H2,(H,34,36). The Morgan fingerprint density at radius 2 is 1.89 bits per heavy atom. The smallest absolute Gasteiger partial charge is 0.253 e. The minimum Gasteiger partial charge on any atom is -0.361 e. The van der Waals surface area contributed by atoms with E-state index in [4.69, 9.17) is 5.26 Å². The van der Waals surface area contributed by atoms with Crippen LogP contribution in [0.15, 0.2) is 42.7 Å². The van der Waals surface area contributed by atoms with Gasteiger partial charge >= 0.3 is 0 Å².